The van der Waals surface area contributed by atoms with Crippen molar-refractivity contribution in [3.63, 3.8) is 0 Å². The van der Waals surface area contributed by atoms with E-state index in [-0.39, 0.29) is 5.69 Å². The Balaban J connectivity index is 1.69. The Bertz CT molecular complexity index is 1310. The molecular formula is C24H16N2O3. The first-order valence-corrected chi connectivity index (χ1v) is 9.01. The second-order valence-electron chi connectivity index (χ2n) is 6.69. The lowest BCUT2D eigenvalue weighted by Gasteiger charge is -2.02. The first-order valence-electron chi connectivity index (χ1n) is 9.01. The van der Waals surface area contributed by atoms with E-state index in [9.17, 15) is 15.4 Å². The molecule has 0 atom stereocenters. The predicted octanol–water partition coefficient (Wildman–Crippen LogP) is 6.38. The van der Waals surface area contributed by atoms with E-state index in [0.717, 1.165) is 16.3 Å². The standard InChI is InChI=1S/C24H16N2O3/c1-16-6-7-20(14-23(16)26(27)28)24-11-10-22(29-24)13-21(15-25)19-9-8-17-4-2-3-5-18(17)12-19/h2-14H,1H3/b21-13-. The van der Waals surface area contributed by atoms with Crippen molar-refractivity contribution in [3.8, 4) is 17.4 Å². The largest absolute Gasteiger partial charge is 0.457 e. The summed E-state index contributed by atoms with van der Waals surface area (Å²) in [7, 11) is 0. The van der Waals surface area contributed by atoms with Crippen molar-refractivity contribution >= 4 is 28.1 Å². The number of hydrogen-bond donors (Lipinski definition) is 0. The van der Waals surface area contributed by atoms with Gasteiger partial charge in [-0.25, -0.2) is 0 Å². The van der Waals surface area contributed by atoms with E-state index in [1.54, 1.807) is 37.3 Å². The van der Waals surface area contributed by atoms with E-state index in [1.807, 2.05) is 42.5 Å². The Morgan fingerprint density at radius 2 is 1.83 bits per heavy atom. The van der Waals surface area contributed by atoms with E-state index >= 15 is 0 Å². The molecule has 0 spiro atoms. The quantitative estimate of drug-likeness (QED) is 0.234. The molecular weight excluding hydrogens is 364 g/mol. The number of nitrogens with zero attached hydrogens (tertiary/aromatic N) is 2. The van der Waals surface area contributed by atoms with Gasteiger partial charge in [-0.3, -0.25) is 10.1 Å². The molecule has 4 aromatic rings. The van der Waals surface area contributed by atoms with E-state index in [4.69, 9.17) is 4.42 Å². The van der Waals surface area contributed by atoms with Gasteiger partial charge in [0.25, 0.3) is 5.69 Å². The Morgan fingerprint density at radius 3 is 2.59 bits per heavy atom. The molecule has 0 radical (unpaired) electrons. The lowest BCUT2D eigenvalue weighted by atomic mass is 10.0. The maximum Gasteiger partial charge on any atom is 0.273 e. The molecule has 0 aliphatic heterocycles. The molecule has 29 heavy (non-hydrogen) atoms. The Labute approximate surface area is 167 Å². The summed E-state index contributed by atoms with van der Waals surface area (Å²) in [5.41, 5.74) is 2.53. The summed E-state index contributed by atoms with van der Waals surface area (Å²) >= 11 is 0. The molecule has 0 aliphatic carbocycles. The van der Waals surface area contributed by atoms with Gasteiger partial charge in [0, 0.05) is 17.2 Å². The van der Waals surface area contributed by atoms with Crippen LogP contribution >= 0.6 is 0 Å². The van der Waals surface area contributed by atoms with Crippen LogP contribution in [0.2, 0.25) is 0 Å². The lowest BCUT2D eigenvalue weighted by molar-refractivity contribution is -0.385. The second kappa shape index (κ2) is 7.45. The topological polar surface area (TPSA) is 80.1 Å². The Hall–Kier alpha value is -4.17. The first kappa shape index (κ1) is 18.2. The molecule has 0 amide bonds. The summed E-state index contributed by atoms with van der Waals surface area (Å²) in [6, 6.07) is 24.5. The zero-order valence-corrected chi connectivity index (χ0v) is 15.6. The van der Waals surface area contributed by atoms with Crippen LogP contribution in [0.25, 0.3) is 33.7 Å². The normalized spacial score (nSPS) is 11.4. The van der Waals surface area contributed by atoms with Gasteiger partial charge >= 0.3 is 0 Å². The van der Waals surface area contributed by atoms with Crippen molar-refractivity contribution < 1.29 is 9.34 Å². The van der Waals surface area contributed by atoms with Crippen LogP contribution < -0.4 is 0 Å². The zero-order valence-electron chi connectivity index (χ0n) is 15.6. The molecule has 0 N–H and O–H groups in total. The van der Waals surface area contributed by atoms with Crippen molar-refractivity contribution in [3.05, 3.63) is 99.8 Å². The van der Waals surface area contributed by atoms with Crippen molar-refractivity contribution in [2.45, 2.75) is 6.92 Å². The van der Waals surface area contributed by atoms with Gasteiger partial charge in [0.15, 0.2) is 0 Å². The number of fused-ring (bicyclic) bond motifs is 1. The molecule has 0 bridgehead atoms. The number of rotatable bonds is 4. The Kier molecular flexibility index (Phi) is 4.68. The molecule has 1 aromatic heterocycles. The average Bonchev–Trinajstić information content (AvgIpc) is 3.20. The molecule has 0 unspecified atom stereocenters. The van der Waals surface area contributed by atoms with Crippen LogP contribution in [-0.2, 0) is 0 Å². The summed E-state index contributed by atoms with van der Waals surface area (Å²) in [5, 5.41) is 23.0. The number of furan rings is 1. The van der Waals surface area contributed by atoms with Gasteiger partial charge in [-0.1, -0.05) is 48.5 Å². The van der Waals surface area contributed by atoms with Crippen molar-refractivity contribution in [2.24, 2.45) is 0 Å². The third-order valence-electron chi connectivity index (χ3n) is 4.78. The minimum atomic E-state index is -0.407. The van der Waals surface area contributed by atoms with Crippen LogP contribution in [-0.4, -0.2) is 4.92 Å². The van der Waals surface area contributed by atoms with Crippen LogP contribution in [0, 0.1) is 28.4 Å². The fraction of sp³-hybridized carbons (Fsp3) is 0.0417. The highest BCUT2D eigenvalue weighted by Crippen LogP contribution is 2.30. The average molecular weight is 380 g/mol. The first-order chi connectivity index (χ1) is 14.0. The number of allylic oxidation sites excluding steroid dienone is 1. The van der Waals surface area contributed by atoms with Crippen molar-refractivity contribution in [2.75, 3.05) is 0 Å². The van der Waals surface area contributed by atoms with E-state index < -0.39 is 4.92 Å². The third-order valence-corrected chi connectivity index (χ3v) is 4.78. The fourth-order valence-electron chi connectivity index (χ4n) is 3.22. The molecule has 1 heterocycles. The van der Waals surface area contributed by atoms with Gasteiger partial charge in [0.1, 0.15) is 11.5 Å². The zero-order chi connectivity index (χ0) is 20.4. The monoisotopic (exact) mass is 380 g/mol. The molecule has 5 nitrogen and oxygen atoms in total. The molecule has 4 rings (SSSR count). The molecule has 140 valence electrons. The molecule has 0 saturated carbocycles. The van der Waals surface area contributed by atoms with Gasteiger partial charge in [-0.15, -0.1) is 0 Å². The maximum absolute atomic E-state index is 11.2. The number of nitriles is 1. The molecule has 0 fully saturated rings. The predicted molar refractivity (Wildman–Crippen MR) is 113 cm³/mol. The third kappa shape index (κ3) is 3.64. The van der Waals surface area contributed by atoms with Gasteiger partial charge in [-0.05, 0) is 47.5 Å². The number of nitro benzene ring substituents is 1. The van der Waals surface area contributed by atoms with E-state index in [1.165, 1.54) is 6.07 Å². The summed E-state index contributed by atoms with van der Waals surface area (Å²) in [6.45, 7) is 1.70. The van der Waals surface area contributed by atoms with Crippen LogP contribution in [0.15, 0.2) is 77.2 Å². The molecule has 0 saturated heterocycles. The fourth-order valence-corrected chi connectivity index (χ4v) is 3.22. The lowest BCUT2D eigenvalue weighted by Crippen LogP contribution is -1.91. The summed E-state index contributed by atoms with van der Waals surface area (Å²) in [4.78, 5) is 10.8. The number of nitro groups is 1. The highest BCUT2D eigenvalue weighted by atomic mass is 16.6. The molecule has 3 aromatic carbocycles. The number of hydrogen-bond acceptors (Lipinski definition) is 4. The van der Waals surface area contributed by atoms with Crippen LogP contribution in [0.1, 0.15) is 16.9 Å². The smallest absolute Gasteiger partial charge is 0.273 e. The molecule has 0 aliphatic rings. The van der Waals surface area contributed by atoms with E-state index in [2.05, 4.69) is 6.07 Å². The summed E-state index contributed by atoms with van der Waals surface area (Å²) < 4.78 is 5.84. The highest BCUT2D eigenvalue weighted by molar-refractivity contribution is 5.93. The van der Waals surface area contributed by atoms with E-state index in [0.29, 0.717) is 28.2 Å². The minimum Gasteiger partial charge on any atom is -0.457 e. The van der Waals surface area contributed by atoms with Gasteiger partial charge in [-0.2, -0.15) is 5.26 Å². The number of aryl methyl sites for hydroxylation is 1. The molecule has 5 heteroatoms. The van der Waals surface area contributed by atoms with Gasteiger partial charge < -0.3 is 4.42 Å². The summed E-state index contributed by atoms with van der Waals surface area (Å²) in [6.07, 6.45) is 1.68. The maximum atomic E-state index is 11.2. The SMILES string of the molecule is Cc1ccc(-c2ccc(/C=C(/C#N)c3ccc4ccccc4c3)o2)cc1[N+](=O)[O-]. The van der Waals surface area contributed by atoms with Crippen molar-refractivity contribution in [1.29, 1.82) is 5.26 Å². The van der Waals surface area contributed by atoms with Crippen molar-refractivity contribution in [1.82, 2.24) is 0 Å². The van der Waals surface area contributed by atoms with Crippen LogP contribution in [0.3, 0.4) is 0 Å². The second-order valence-corrected chi connectivity index (χ2v) is 6.69. The highest BCUT2D eigenvalue weighted by Gasteiger charge is 2.14. The van der Waals surface area contributed by atoms with Crippen LogP contribution in [0.4, 0.5) is 5.69 Å². The minimum absolute atomic E-state index is 0.0462. The van der Waals surface area contributed by atoms with Gasteiger partial charge in [0.05, 0.1) is 16.6 Å². The Morgan fingerprint density at radius 1 is 1.03 bits per heavy atom. The number of benzene rings is 3. The van der Waals surface area contributed by atoms with Gasteiger partial charge in [0.2, 0.25) is 0 Å². The summed E-state index contributed by atoms with van der Waals surface area (Å²) in [5.74, 6) is 1.02. The van der Waals surface area contributed by atoms with Crippen LogP contribution in [0.5, 0.6) is 0 Å².